The first-order chi connectivity index (χ1) is 8.74. The van der Waals surface area contributed by atoms with Gasteiger partial charge in [0.2, 0.25) is 0 Å². The Balaban J connectivity index is 1.81. The van der Waals surface area contributed by atoms with Crippen molar-refractivity contribution in [3.8, 4) is 0 Å². The number of rotatable bonds is 3. The summed E-state index contributed by atoms with van der Waals surface area (Å²) in [4.78, 5) is 12.1. The molecule has 1 aliphatic rings. The number of carbonyl (C=O) groups excluding carboxylic acids is 1. The van der Waals surface area contributed by atoms with E-state index in [1.54, 1.807) is 24.0 Å². The Kier molecular flexibility index (Phi) is 2.74. The van der Waals surface area contributed by atoms with E-state index in [1.807, 2.05) is 0 Å². The zero-order chi connectivity index (χ0) is 12.5. The summed E-state index contributed by atoms with van der Waals surface area (Å²) in [5.41, 5.74) is 4.66. The van der Waals surface area contributed by atoms with Crippen LogP contribution in [0.2, 0.25) is 0 Å². The molecule has 0 spiro atoms. The van der Waals surface area contributed by atoms with Crippen molar-refractivity contribution in [2.45, 2.75) is 25.7 Å². The van der Waals surface area contributed by atoms with Crippen molar-refractivity contribution < 1.29 is 4.79 Å². The van der Waals surface area contributed by atoms with E-state index >= 15 is 0 Å². The van der Waals surface area contributed by atoms with Crippen LogP contribution in [0.1, 0.15) is 33.6 Å². The maximum Gasteiger partial charge on any atom is 0.185 e. The predicted octanol–water partition coefficient (Wildman–Crippen LogP) is 2.33. The van der Waals surface area contributed by atoms with E-state index in [4.69, 9.17) is 0 Å². The van der Waals surface area contributed by atoms with Crippen molar-refractivity contribution in [2.24, 2.45) is 7.05 Å². The molecule has 1 heterocycles. The van der Waals surface area contributed by atoms with Crippen LogP contribution in [0.3, 0.4) is 0 Å². The Morgan fingerprint density at radius 2 is 2.11 bits per heavy atom. The maximum atomic E-state index is 12.1. The third kappa shape index (κ3) is 1.96. The van der Waals surface area contributed by atoms with Gasteiger partial charge in [-0.3, -0.25) is 9.48 Å². The van der Waals surface area contributed by atoms with Gasteiger partial charge >= 0.3 is 0 Å². The number of Topliss-reactive ketones (excluding diaryl/α,β-unsaturated/α-hetero) is 1. The van der Waals surface area contributed by atoms with Crippen LogP contribution < -0.4 is 0 Å². The summed E-state index contributed by atoms with van der Waals surface area (Å²) >= 11 is 0. The molecule has 92 valence electrons. The number of benzene rings is 1. The van der Waals surface area contributed by atoms with E-state index in [0.29, 0.717) is 12.1 Å². The van der Waals surface area contributed by atoms with Crippen LogP contribution in [0.5, 0.6) is 0 Å². The molecule has 18 heavy (non-hydrogen) atoms. The van der Waals surface area contributed by atoms with Gasteiger partial charge in [0.25, 0.3) is 0 Å². The van der Waals surface area contributed by atoms with Crippen LogP contribution in [0.4, 0.5) is 0 Å². The predicted molar refractivity (Wildman–Crippen MR) is 69.7 cm³/mol. The van der Waals surface area contributed by atoms with E-state index in [2.05, 4.69) is 23.3 Å². The normalized spacial score (nSPS) is 13.6. The van der Waals surface area contributed by atoms with Gasteiger partial charge in [-0.05, 0) is 42.0 Å². The summed E-state index contributed by atoms with van der Waals surface area (Å²) in [5.74, 6) is 0.132. The first-order valence-electron chi connectivity index (χ1n) is 6.36. The topological polar surface area (TPSA) is 34.9 Å². The van der Waals surface area contributed by atoms with Crippen LogP contribution in [-0.2, 0) is 26.3 Å². The molecule has 0 aliphatic heterocycles. The molecule has 0 atom stereocenters. The molecule has 3 heteroatoms. The van der Waals surface area contributed by atoms with Gasteiger partial charge in [0.05, 0.1) is 0 Å². The van der Waals surface area contributed by atoms with E-state index < -0.39 is 0 Å². The van der Waals surface area contributed by atoms with Crippen molar-refractivity contribution >= 4 is 5.78 Å². The summed E-state index contributed by atoms with van der Waals surface area (Å²) in [7, 11) is 1.80. The standard InChI is InChI=1S/C15H16N2O/c1-17-14(7-8-16-17)15(18)10-11-5-6-12-3-2-4-13(12)9-11/h5-9H,2-4,10H2,1H3. The molecule has 3 nitrogen and oxygen atoms in total. The van der Waals surface area contributed by atoms with Gasteiger partial charge in [-0.1, -0.05) is 18.2 Å². The number of aromatic nitrogens is 2. The summed E-state index contributed by atoms with van der Waals surface area (Å²) in [5, 5.41) is 4.03. The third-order valence-corrected chi connectivity index (χ3v) is 3.63. The fraction of sp³-hybridized carbons (Fsp3) is 0.333. The average Bonchev–Trinajstić information content (AvgIpc) is 2.96. The van der Waals surface area contributed by atoms with Gasteiger partial charge in [-0.15, -0.1) is 0 Å². The number of hydrogen-bond donors (Lipinski definition) is 0. The van der Waals surface area contributed by atoms with E-state index in [1.165, 1.54) is 24.0 Å². The number of aryl methyl sites for hydroxylation is 3. The molecule has 0 unspecified atom stereocenters. The Labute approximate surface area is 106 Å². The van der Waals surface area contributed by atoms with Crippen LogP contribution in [0.25, 0.3) is 0 Å². The minimum Gasteiger partial charge on any atom is -0.292 e. The molecule has 0 amide bonds. The van der Waals surface area contributed by atoms with E-state index in [0.717, 1.165) is 12.0 Å². The van der Waals surface area contributed by atoms with Crippen molar-refractivity contribution in [1.29, 1.82) is 0 Å². The lowest BCUT2D eigenvalue weighted by atomic mass is 10.0. The summed E-state index contributed by atoms with van der Waals surface area (Å²) in [6.45, 7) is 0. The molecule has 1 aliphatic carbocycles. The molecular formula is C15H16N2O. The quantitative estimate of drug-likeness (QED) is 0.772. The fourth-order valence-corrected chi connectivity index (χ4v) is 2.66. The minimum absolute atomic E-state index is 0.132. The summed E-state index contributed by atoms with van der Waals surface area (Å²) in [6.07, 6.45) is 5.71. The Bertz CT molecular complexity index is 598. The second-order valence-corrected chi connectivity index (χ2v) is 4.90. The maximum absolute atomic E-state index is 12.1. The van der Waals surface area contributed by atoms with Gasteiger partial charge in [0.1, 0.15) is 5.69 Å². The summed E-state index contributed by atoms with van der Waals surface area (Å²) in [6, 6.07) is 8.22. The highest BCUT2D eigenvalue weighted by Crippen LogP contribution is 2.23. The zero-order valence-electron chi connectivity index (χ0n) is 10.5. The molecule has 0 N–H and O–H groups in total. The monoisotopic (exact) mass is 240 g/mol. The SMILES string of the molecule is Cn1nccc1C(=O)Cc1ccc2c(c1)CCC2. The average molecular weight is 240 g/mol. The largest absolute Gasteiger partial charge is 0.292 e. The Morgan fingerprint density at radius 3 is 2.89 bits per heavy atom. The second kappa shape index (κ2) is 4.41. The molecule has 1 aromatic heterocycles. The van der Waals surface area contributed by atoms with Gasteiger partial charge in [0, 0.05) is 19.7 Å². The second-order valence-electron chi connectivity index (χ2n) is 4.90. The molecule has 2 aromatic rings. The molecule has 0 saturated heterocycles. The highest BCUT2D eigenvalue weighted by Gasteiger charge is 2.14. The molecule has 1 aromatic carbocycles. The van der Waals surface area contributed by atoms with Crippen molar-refractivity contribution in [3.05, 3.63) is 52.8 Å². The van der Waals surface area contributed by atoms with Gasteiger partial charge in [-0.2, -0.15) is 5.10 Å². The Hall–Kier alpha value is -1.90. The van der Waals surface area contributed by atoms with Crippen LogP contribution >= 0.6 is 0 Å². The van der Waals surface area contributed by atoms with Gasteiger partial charge in [-0.25, -0.2) is 0 Å². The Morgan fingerprint density at radius 1 is 1.28 bits per heavy atom. The molecule has 3 rings (SSSR count). The molecule has 0 radical (unpaired) electrons. The number of carbonyl (C=O) groups is 1. The first kappa shape index (κ1) is 11.2. The van der Waals surface area contributed by atoms with E-state index in [9.17, 15) is 4.79 Å². The number of ketones is 1. The molecule has 0 fully saturated rings. The van der Waals surface area contributed by atoms with Gasteiger partial charge in [0.15, 0.2) is 5.78 Å². The lowest BCUT2D eigenvalue weighted by Crippen LogP contribution is -2.09. The van der Waals surface area contributed by atoms with Gasteiger partial charge < -0.3 is 0 Å². The lowest BCUT2D eigenvalue weighted by molar-refractivity contribution is 0.0984. The highest BCUT2D eigenvalue weighted by atomic mass is 16.1. The highest BCUT2D eigenvalue weighted by molar-refractivity contribution is 5.95. The number of nitrogens with zero attached hydrogens (tertiary/aromatic N) is 2. The zero-order valence-corrected chi connectivity index (χ0v) is 10.5. The number of hydrogen-bond acceptors (Lipinski definition) is 2. The van der Waals surface area contributed by atoms with Crippen molar-refractivity contribution in [3.63, 3.8) is 0 Å². The van der Waals surface area contributed by atoms with Crippen LogP contribution in [0.15, 0.2) is 30.5 Å². The number of fused-ring (bicyclic) bond motifs is 1. The van der Waals surface area contributed by atoms with Crippen molar-refractivity contribution in [1.82, 2.24) is 9.78 Å². The smallest absolute Gasteiger partial charge is 0.185 e. The van der Waals surface area contributed by atoms with Crippen molar-refractivity contribution in [2.75, 3.05) is 0 Å². The third-order valence-electron chi connectivity index (χ3n) is 3.63. The summed E-state index contributed by atoms with van der Waals surface area (Å²) < 4.78 is 1.63. The van der Waals surface area contributed by atoms with Crippen LogP contribution in [0, 0.1) is 0 Å². The molecule has 0 bridgehead atoms. The lowest BCUT2D eigenvalue weighted by Gasteiger charge is -2.05. The molecular weight excluding hydrogens is 224 g/mol. The van der Waals surface area contributed by atoms with Crippen LogP contribution in [-0.4, -0.2) is 15.6 Å². The minimum atomic E-state index is 0.132. The van der Waals surface area contributed by atoms with E-state index in [-0.39, 0.29) is 5.78 Å². The fourth-order valence-electron chi connectivity index (χ4n) is 2.66. The molecule has 0 saturated carbocycles. The first-order valence-corrected chi connectivity index (χ1v) is 6.36.